The molecule has 2 aromatic carbocycles. The second-order valence-corrected chi connectivity index (χ2v) is 13.3. The van der Waals surface area contributed by atoms with Crippen LogP contribution < -0.4 is 5.56 Å². The molecular formula is C33H40ClN3O4. The van der Waals surface area contributed by atoms with Gasteiger partial charge in [-0.2, -0.15) is 4.98 Å². The number of aromatic nitrogens is 2. The molecule has 41 heavy (non-hydrogen) atoms. The van der Waals surface area contributed by atoms with Crippen molar-refractivity contribution in [3.8, 4) is 5.69 Å². The molecule has 1 saturated carbocycles. The number of benzene rings is 2. The van der Waals surface area contributed by atoms with Gasteiger partial charge in [0.1, 0.15) is 18.0 Å². The molecule has 1 spiro atoms. The Balaban J connectivity index is 1.20. The summed E-state index contributed by atoms with van der Waals surface area (Å²) in [5, 5.41) is 0.962. The van der Waals surface area contributed by atoms with E-state index >= 15 is 0 Å². The number of esters is 1. The minimum absolute atomic E-state index is 0.00786. The number of carbonyl (C=O) groups excluding carboxylic acids is 1. The molecule has 0 bridgehead atoms. The Bertz CT molecular complexity index is 1510. The maximum Gasteiger partial charge on any atom is 0.332 e. The molecule has 3 aliphatic rings. The Hall–Kier alpha value is -2.74. The van der Waals surface area contributed by atoms with Gasteiger partial charge in [0.2, 0.25) is 0 Å². The molecule has 7 nitrogen and oxygen atoms in total. The minimum atomic E-state index is -0.493. The SMILES string of the molecule is CC(C)(C)OC(=O)COCCN1CCC(c2ccc3c(c2)-n2c(nc(=O)c4c(Cl)cccc42)C32CCCCC2)CC1. The van der Waals surface area contributed by atoms with Crippen LogP contribution in [0, 0.1) is 0 Å². The number of carbonyl (C=O) groups is 1. The third-order valence-corrected chi connectivity index (χ3v) is 9.34. The topological polar surface area (TPSA) is 73.7 Å². The van der Waals surface area contributed by atoms with Gasteiger partial charge in [-0.1, -0.05) is 49.1 Å². The summed E-state index contributed by atoms with van der Waals surface area (Å²) in [4.78, 5) is 32.2. The van der Waals surface area contributed by atoms with Gasteiger partial charge in [-0.15, -0.1) is 0 Å². The summed E-state index contributed by atoms with van der Waals surface area (Å²) in [6, 6.07) is 12.7. The molecule has 0 atom stereocenters. The fraction of sp³-hybridized carbons (Fsp3) is 0.545. The van der Waals surface area contributed by atoms with Gasteiger partial charge in [0.25, 0.3) is 5.56 Å². The van der Waals surface area contributed by atoms with Gasteiger partial charge in [-0.3, -0.25) is 9.36 Å². The lowest BCUT2D eigenvalue weighted by atomic mass is 9.69. The van der Waals surface area contributed by atoms with E-state index in [1.165, 1.54) is 17.5 Å². The van der Waals surface area contributed by atoms with Crippen molar-refractivity contribution in [2.75, 3.05) is 32.8 Å². The molecule has 2 fully saturated rings. The van der Waals surface area contributed by atoms with Crippen LogP contribution in [0.1, 0.15) is 88.6 Å². The van der Waals surface area contributed by atoms with Gasteiger partial charge >= 0.3 is 5.97 Å². The van der Waals surface area contributed by atoms with Crippen molar-refractivity contribution in [1.29, 1.82) is 0 Å². The summed E-state index contributed by atoms with van der Waals surface area (Å²) in [6.07, 6.45) is 7.69. The molecule has 0 unspecified atom stereocenters. The minimum Gasteiger partial charge on any atom is -0.458 e. The third-order valence-electron chi connectivity index (χ3n) is 9.03. The van der Waals surface area contributed by atoms with Crippen LogP contribution in [0.4, 0.5) is 0 Å². The fourth-order valence-corrected chi connectivity index (χ4v) is 7.41. The standard InChI is InChI=1S/C33H40ClN3O4/c1-32(2,3)41-28(38)21-40-19-18-36-16-12-22(13-17-36)23-10-11-24-27(20-23)37-26-9-7-8-25(34)29(26)30(39)35-31(37)33(24)14-5-4-6-15-33/h7-11,20,22H,4-6,12-19,21H2,1-3H3. The Morgan fingerprint density at radius 3 is 2.59 bits per heavy atom. The molecule has 2 aliphatic heterocycles. The second-order valence-electron chi connectivity index (χ2n) is 12.9. The third kappa shape index (κ3) is 5.44. The first kappa shape index (κ1) is 28.4. The summed E-state index contributed by atoms with van der Waals surface area (Å²) >= 11 is 6.53. The zero-order chi connectivity index (χ0) is 28.8. The first-order valence-corrected chi connectivity index (χ1v) is 15.4. The Morgan fingerprint density at radius 1 is 1.10 bits per heavy atom. The number of nitrogens with zero attached hydrogens (tertiary/aromatic N) is 3. The van der Waals surface area contributed by atoms with E-state index in [9.17, 15) is 9.59 Å². The van der Waals surface area contributed by atoms with Crippen molar-refractivity contribution in [2.24, 2.45) is 0 Å². The lowest BCUT2D eigenvalue weighted by molar-refractivity contribution is -0.160. The van der Waals surface area contributed by atoms with Crippen molar-refractivity contribution in [3.05, 3.63) is 68.7 Å². The molecule has 3 heterocycles. The number of likely N-dealkylation sites (tertiary alicyclic amines) is 1. The lowest BCUT2D eigenvalue weighted by Crippen LogP contribution is -2.36. The van der Waals surface area contributed by atoms with Crippen molar-refractivity contribution in [1.82, 2.24) is 14.5 Å². The summed E-state index contributed by atoms with van der Waals surface area (Å²) in [5.74, 6) is 1.04. The van der Waals surface area contributed by atoms with E-state index in [-0.39, 0.29) is 23.6 Å². The number of ether oxygens (including phenoxy) is 2. The number of halogens is 1. The van der Waals surface area contributed by atoms with E-state index in [0.29, 0.717) is 22.9 Å². The Labute approximate surface area is 246 Å². The van der Waals surface area contributed by atoms with E-state index in [0.717, 1.165) is 75.2 Å². The molecule has 0 amide bonds. The van der Waals surface area contributed by atoms with E-state index in [2.05, 4.69) is 27.7 Å². The smallest absolute Gasteiger partial charge is 0.332 e. The molecule has 8 heteroatoms. The van der Waals surface area contributed by atoms with Crippen LogP contribution >= 0.6 is 11.6 Å². The molecule has 218 valence electrons. The van der Waals surface area contributed by atoms with Crippen LogP contribution in [-0.2, 0) is 19.7 Å². The van der Waals surface area contributed by atoms with Gasteiger partial charge in [0, 0.05) is 6.54 Å². The molecule has 1 aromatic heterocycles. The number of piperidine rings is 1. The highest BCUT2D eigenvalue weighted by molar-refractivity contribution is 6.35. The summed E-state index contributed by atoms with van der Waals surface area (Å²) in [5.41, 5.74) is 3.75. The maximum atomic E-state index is 13.2. The Morgan fingerprint density at radius 2 is 1.85 bits per heavy atom. The van der Waals surface area contributed by atoms with Crippen LogP contribution in [0.5, 0.6) is 0 Å². The molecule has 6 rings (SSSR count). The fourth-order valence-electron chi connectivity index (χ4n) is 7.16. The van der Waals surface area contributed by atoms with Crippen LogP contribution in [-0.4, -0.2) is 58.9 Å². The van der Waals surface area contributed by atoms with Gasteiger partial charge in [-0.25, -0.2) is 4.79 Å². The first-order chi connectivity index (χ1) is 19.7. The van der Waals surface area contributed by atoms with Crippen LogP contribution in [0.15, 0.2) is 41.2 Å². The van der Waals surface area contributed by atoms with Crippen LogP contribution in [0.2, 0.25) is 5.02 Å². The molecule has 1 saturated heterocycles. The number of fused-ring (bicyclic) bond motifs is 7. The second kappa shape index (κ2) is 11.2. The molecular weight excluding hydrogens is 538 g/mol. The summed E-state index contributed by atoms with van der Waals surface area (Å²) < 4.78 is 13.1. The van der Waals surface area contributed by atoms with Crippen molar-refractivity contribution < 1.29 is 14.3 Å². The average molecular weight is 578 g/mol. The van der Waals surface area contributed by atoms with E-state index in [4.69, 9.17) is 26.1 Å². The van der Waals surface area contributed by atoms with E-state index in [1.54, 1.807) is 6.07 Å². The predicted octanol–water partition coefficient (Wildman–Crippen LogP) is 6.14. The summed E-state index contributed by atoms with van der Waals surface area (Å²) in [7, 11) is 0. The summed E-state index contributed by atoms with van der Waals surface area (Å²) in [6.45, 7) is 8.88. The first-order valence-electron chi connectivity index (χ1n) is 15.0. The molecule has 0 radical (unpaired) electrons. The average Bonchev–Trinajstić information content (AvgIpc) is 3.19. The normalized spacial score (nSPS) is 18.9. The largest absolute Gasteiger partial charge is 0.458 e. The number of hydrogen-bond donors (Lipinski definition) is 0. The monoisotopic (exact) mass is 577 g/mol. The molecule has 3 aromatic rings. The van der Waals surface area contributed by atoms with Gasteiger partial charge in [0.05, 0.1) is 33.6 Å². The predicted molar refractivity (Wildman–Crippen MR) is 161 cm³/mol. The zero-order valence-electron chi connectivity index (χ0n) is 24.4. The van der Waals surface area contributed by atoms with Crippen molar-refractivity contribution in [3.63, 3.8) is 0 Å². The molecule has 0 N–H and O–H groups in total. The highest BCUT2D eigenvalue weighted by Gasteiger charge is 2.46. The quantitative estimate of drug-likeness (QED) is 0.259. The highest BCUT2D eigenvalue weighted by Crippen LogP contribution is 2.52. The van der Waals surface area contributed by atoms with Gasteiger partial charge in [-0.05, 0) is 94.8 Å². The van der Waals surface area contributed by atoms with Crippen molar-refractivity contribution >= 4 is 28.5 Å². The van der Waals surface area contributed by atoms with Crippen LogP contribution in [0.3, 0.4) is 0 Å². The lowest BCUT2D eigenvalue weighted by Gasteiger charge is -2.34. The van der Waals surface area contributed by atoms with Crippen molar-refractivity contribution in [2.45, 2.75) is 82.7 Å². The Kier molecular flexibility index (Phi) is 7.72. The maximum absolute atomic E-state index is 13.2. The van der Waals surface area contributed by atoms with Crippen LogP contribution in [0.25, 0.3) is 16.6 Å². The van der Waals surface area contributed by atoms with E-state index < -0.39 is 5.60 Å². The van der Waals surface area contributed by atoms with E-state index in [1.807, 2.05) is 32.9 Å². The zero-order valence-corrected chi connectivity index (χ0v) is 25.1. The highest BCUT2D eigenvalue weighted by atomic mass is 35.5. The number of rotatable bonds is 6. The van der Waals surface area contributed by atoms with Gasteiger partial charge in [0.15, 0.2) is 0 Å². The molecule has 1 aliphatic carbocycles. The van der Waals surface area contributed by atoms with Gasteiger partial charge < -0.3 is 14.4 Å². The number of hydrogen-bond acceptors (Lipinski definition) is 6.